The van der Waals surface area contributed by atoms with Crippen molar-refractivity contribution < 1.29 is 14.3 Å². The highest BCUT2D eigenvalue weighted by molar-refractivity contribution is 5.95. The Labute approximate surface area is 125 Å². The second kappa shape index (κ2) is 8.29. The van der Waals surface area contributed by atoms with E-state index < -0.39 is 6.09 Å². The van der Waals surface area contributed by atoms with Crippen LogP contribution in [-0.2, 0) is 4.74 Å². The van der Waals surface area contributed by atoms with Crippen LogP contribution in [0, 0.1) is 0 Å². The predicted molar refractivity (Wildman–Crippen MR) is 82.0 cm³/mol. The molecular weight excluding hydrogens is 267 g/mol. The Morgan fingerprint density at radius 3 is 3.05 bits per heavy atom. The van der Waals surface area contributed by atoms with Crippen molar-refractivity contribution in [2.24, 2.45) is 4.99 Å². The summed E-state index contributed by atoms with van der Waals surface area (Å²) in [5.74, 6) is 1.11. The number of aliphatic imine (C=N–C) groups is 1. The van der Waals surface area contributed by atoms with Crippen molar-refractivity contribution >= 4 is 12.0 Å². The van der Waals surface area contributed by atoms with Gasteiger partial charge in [0.05, 0.1) is 6.54 Å². The normalized spacial score (nSPS) is 13.5. The first-order chi connectivity index (χ1) is 10.3. The number of carbonyl (C=O) groups is 1. The van der Waals surface area contributed by atoms with Crippen molar-refractivity contribution in [3.05, 3.63) is 29.8 Å². The SMILES string of the molecule is CCCCCCN[11C](=O)Oc1cccc(C2=NCCO2)c1. The Morgan fingerprint density at radius 1 is 1.38 bits per heavy atom. The summed E-state index contributed by atoms with van der Waals surface area (Å²) in [6.45, 7) is 4.10. The minimum absolute atomic E-state index is 0.419. The fourth-order valence-electron chi connectivity index (χ4n) is 2.09. The maximum absolute atomic E-state index is 11.7. The van der Waals surface area contributed by atoms with E-state index in [0.29, 0.717) is 31.3 Å². The van der Waals surface area contributed by atoms with Gasteiger partial charge in [-0.15, -0.1) is 0 Å². The van der Waals surface area contributed by atoms with Gasteiger partial charge in [0, 0.05) is 12.1 Å². The summed E-state index contributed by atoms with van der Waals surface area (Å²) in [7, 11) is 0. The van der Waals surface area contributed by atoms with Crippen LogP contribution in [0.15, 0.2) is 29.3 Å². The van der Waals surface area contributed by atoms with Crippen molar-refractivity contribution in [3.8, 4) is 5.75 Å². The number of carbonyl (C=O) groups excluding carboxylic acids is 1. The van der Waals surface area contributed by atoms with Crippen LogP contribution >= 0.6 is 0 Å². The predicted octanol–water partition coefficient (Wildman–Crippen LogP) is 3.13. The number of amides is 1. The van der Waals surface area contributed by atoms with Gasteiger partial charge in [-0.1, -0.05) is 32.3 Å². The van der Waals surface area contributed by atoms with E-state index in [0.717, 1.165) is 18.4 Å². The topological polar surface area (TPSA) is 59.9 Å². The molecule has 0 saturated carbocycles. The van der Waals surface area contributed by atoms with Crippen molar-refractivity contribution in [2.75, 3.05) is 19.7 Å². The van der Waals surface area contributed by atoms with E-state index in [-0.39, 0.29) is 0 Å². The van der Waals surface area contributed by atoms with Crippen LogP contribution in [0.1, 0.15) is 38.2 Å². The summed E-state index contributed by atoms with van der Waals surface area (Å²) < 4.78 is 10.7. The molecule has 0 aliphatic carbocycles. The van der Waals surface area contributed by atoms with Gasteiger partial charge in [0.25, 0.3) is 0 Å². The zero-order valence-electron chi connectivity index (χ0n) is 12.4. The van der Waals surface area contributed by atoms with Crippen LogP contribution in [0.4, 0.5) is 4.79 Å². The molecule has 1 aromatic rings. The number of hydrogen-bond donors (Lipinski definition) is 1. The molecule has 5 nitrogen and oxygen atoms in total. The molecule has 0 bridgehead atoms. The monoisotopic (exact) mass is 289 g/mol. The standard InChI is InChI=1S/C16H22N2O3/c1-2-3-4-5-9-18-16(19)21-14-8-6-7-13(12-14)15-17-10-11-20-15/h6-8,12H,2-5,9-11H2,1H3,(H,18,19)/i16-1. The second-order valence-electron chi connectivity index (χ2n) is 4.94. The molecular formula is C16H22N2O3. The van der Waals surface area contributed by atoms with Gasteiger partial charge in [-0.25, -0.2) is 9.79 Å². The minimum Gasteiger partial charge on any atom is -0.476 e. The van der Waals surface area contributed by atoms with Crippen LogP contribution < -0.4 is 10.1 Å². The smallest absolute Gasteiger partial charge is 0.412 e. The van der Waals surface area contributed by atoms with Gasteiger partial charge >= 0.3 is 6.09 Å². The van der Waals surface area contributed by atoms with Gasteiger partial charge in [0.1, 0.15) is 12.4 Å². The van der Waals surface area contributed by atoms with E-state index in [2.05, 4.69) is 17.2 Å². The lowest BCUT2D eigenvalue weighted by Gasteiger charge is -2.08. The van der Waals surface area contributed by atoms with Gasteiger partial charge in [-0.05, 0) is 24.6 Å². The van der Waals surface area contributed by atoms with E-state index in [1.54, 1.807) is 12.1 Å². The average Bonchev–Trinajstić information content (AvgIpc) is 3.01. The van der Waals surface area contributed by atoms with Crippen LogP contribution in [0.2, 0.25) is 0 Å². The molecule has 0 unspecified atom stereocenters. The Balaban J connectivity index is 1.79. The van der Waals surface area contributed by atoms with Crippen LogP contribution in [0.5, 0.6) is 5.75 Å². The summed E-state index contributed by atoms with van der Waals surface area (Å²) in [5, 5.41) is 2.76. The quantitative estimate of drug-likeness (QED) is 0.784. The Bertz CT molecular complexity index is 500. The number of ether oxygens (including phenoxy) is 2. The lowest BCUT2D eigenvalue weighted by molar-refractivity contribution is 0.200. The minimum atomic E-state index is -0.419. The summed E-state index contributed by atoms with van der Waals surface area (Å²) in [6.07, 6.45) is 4.07. The third-order valence-electron chi connectivity index (χ3n) is 3.18. The third kappa shape index (κ3) is 5.10. The zero-order chi connectivity index (χ0) is 14.9. The third-order valence-corrected chi connectivity index (χ3v) is 3.18. The molecule has 21 heavy (non-hydrogen) atoms. The molecule has 1 N–H and O–H groups in total. The van der Waals surface area contributed by atoms with Gasteiger partial charge in [-0.2, -0.15) is 0 Å². The van der Waals surface area contributed by atoms with E-state index in [1.807, 2.05) is 12.1 Å². The van der Waals surface area contributed by atoms with Crippen molar-refractivity contribution in [1.82, 2.24) is 5.32 Å². The number of nitrogens with one attached hydrogen (secondary N) is 1. The van der Waals surface area contributed by atoms with Crippen molar-refractivity contribution in [2.45, 2.75) is 32.6 Å². The van der Waals surface area contributed by atoms with Crippen LogP contribution in [-0.4, -0.2) is 31.7 Å². The van der Waals surface area contributed by atoms with Gasteiger partial charge in [-0.3, -0.25) is 0 Å². The first-order valence-corrected chi connectivity index (χ1v) is 7.53. The first kappa shape index (κ1) is 15.4. The van der Waals surface area contributed by atoms with Crippen LogP contribution in [0.3, 0.4) is 0 Å². The summed E-state index contributed by atoms with van der Waals surface area (Å²) in [6, 6.07) is 7.22. The Morgan fingerprint density at radius 2 is 2.29 bits per heavy atom. The van der Waals surface area contributed by atoms with Gasteiger partial charge < -0.3 is 14.8 Å². The molecule has 114 valence electrons. The highest BCUT2D eigenvalue weighted by atomic mass is 16.5. The molecule has 0 saturated heterocycles. The highest BCUT2D eigenvalue weighted by Crippen LogP contribution is 2.16. The number of hydrogen-bond acceptors (Lipinski definition) is 4. The van der Waals surface area contributed by atoms with Crippen molar-refractivity contribution in [3.63, 3.8) is 0 Å². The first-order valence-electron chi connectivity index (χ1n) is 7.53. The van der Waals surface area contributed by atoms with Gasteiger partial charge in [0.2, 0.25) is 5.90 Å². The van der Waals surface area contributed by atoms with E-state index in [1.165, 1.54) is 12.8 Å². The molecule has 1 aromatic carbocycles. The lowest BCUT2D eigenvalue weighted by Crippen LogP contribution is -2.27. The fraction of sp³-hybridized carbons (Fsp3) is 0.500. The highest BCUT2D eigenvalue weighted by Gasteiger charge is 2.12. The van der Waals surface area contributed by atoms with E-state index in [4.69, 9.17) is 9.47 Å². The molecule has 0 aromatic heterocycles. The zero-order valence-corrected chi connectivity index (χ0v) is 12.4. The molecule has 0 atom stereocenters. The summed E-state index contributed by atoms with van der Waals surface area (Å²) in [4.78, 5) is 15.9. The Kier molecular flexibility index (Phi) is 6.06. The number of benzene rings is 1. The molecule has 2 rings (SSSR count). The molecule has 0 spiro atoms. The molecule has 5 heteroatoms. The molecule has 1 aliphatic heterocycles. The van der Waals surface area contributed by atoms with Crippen LogP contribution in [0.25, 0.3) is 0 Å². The summed E-state index contributed by atoms with van der Waals surface area (Å²) >= 11 is 0. The largest absolute Gasteiger partial charge is 0.476 e. The molecule has 1 aliphatic rings. The van der Waals surface area contributed by atoms with Crippen molar-refractivity contribution in [1.29, 1.82) is 0 Å². The maximum Gasteiger partial charge on any atom is 0.412 e. The molecule has 0 fully saturated rings. The van der Waals surface area contributed by atoms with Gasteiger partial charge in [0.15, 0.2) is 0 Å². The number of unbranched alkanes of at least 4 members (excludes halogenated alkanes) is 3. The Hall–Kier alpha value is -2.04. The summed E-state index contributed by atoms with van der Waals surface area (Å²) in [5.41, 5.74) is 0.834. The fourth-order valence-corrected chi connectivity index (χ4v) is 2.09. The molecule has 1 amide bonds. The lowest BCUT2D eigenvalue weighted by atomic mass is 10.2. The van der Waals surface area contributed by atoms with E-state index >= 15 is 0 Å². The number of nitrogens with zero attached hydrogens (tertiary/aromatic N) is 1. The van der Waals surface area contributed by atoms with E-state index in [9.17, 15) is 4.79 Å². The average molecular weight is 289 g/mol. The molecule has 0 radical (unpaired) electrons. The number of rotatable bonds is 7. The second-order valence-corrected chi connectivity index (χ2v) is 4.94. The maximum atomic E-state index is 11.7. The molecule has 1 heterocycles.